The fourth-order valence-electron chi connectivity index (χ4n) is 3.20. The van der Waals surface area contributed by atoms with Gasteiger partial charge < -0.3 is 15.3 Å². The van der Waals surface area contributed by atoms with Crippen LogP contribution in [0.15, 0.2) is 24.3 Å². The highest BCUT2D eigenvalue weighted by molar-refractivity contribution is 6.30. The summed E-state index contributed by atoms with van der Waals surface area (Å²) in [5.74, 6) is 0.917. The van der Waals surface area contributed by atoms with Crippen molar-refractivity contribution in [3.05, 3.63) is 29.3 Å². The molecule has 2 aliphatic rings. The first-order valence-electron chi connectivity index (χ1n) is 6.61. The number of amides is 2. The van der Waals surface area contributed by atoms with Crippen molar-refractivity contribution < 1.29 is 9.90 Å². The van der Waals surface area contributed by atoms with E-state index in [-0.39, 0.29) is 12.1 Å². The molecule has 1 aliphatic carbocycles. The van der Waals surface area contributed by atoms with Gasteiger partial charge in [0.05, 0.1) is 6.10 Å². The molecule has 3 atom stereocenters. The van der Waals surface area contributed by atoms with Crippen LogP contribution in [0.5, 0.6) is 0 Å². The van der Waals surface area contributed by atoms with E-state index in [1.54, 1.807) is 12.1 Å². The summed E-state index contributed by atoms with van der Waals surface area (Å²) in [4.78, 5) is 14.0. The number of fused-ring (bicyclic) bond motifs is 1. The van der Waals surface area contributed by atoms with Crippen LogP contribution >= 0.6 is 11.6 Å². The number of carbonyl (C=O) groups excluding carboxylic acids is 1. The lowest BCUT2D eigenvalue weighted by molar-refractivity contribution is 0.163. The summed E-state index contributed by atoms with van der Waals surface area (Å²) in [6, 6.07) is 7.07. The molecule has 1 heterocycles. The van der Waals surface area contributed by atoms with Crippen LogP contribution in [-0.2, 0) is 0 Å². The van der Waals surface area contributed by atoms with E-state index in [2.05, 4.69) is 5.32 Å². The van der Waals surface area contributed by atoms with Crippen LogP contribution in [0.2, 0.25) is 5.02 Å². The smallest absolute Gasteiger partial charge is 0.321 e. The molecule has 1 aromatic carbocycles. The summed E-state index contributed by atoms with van der Waals surface area (Å²) < 4.78 is 0. The van der Waals surface area contributed by atoms with Gasteiger partial charge in [0.25, 0.3) is 0 Å². The zero-order valence-corrected chi connectivity index (χ0v) is 11.3. The van der Waals surface area contributed by atoms with Crippen molar-refractivity contribution in [2.75, 3.05) is 18.4 Å². The fourth-order valence-corrected chi connectivity index (χ4v) is 3.39. The van der Waals surface area contributed by atoms with Gasteiger partial charge in [-0.15, -0.1) is 0 Å². The quantitative estimate of drug-likeness (QED) is 0.831. The predicted molar refractivity (Wildman–Crippen MR) is 74.3 cm³/mol. The maximum Gasteiger partial charge on any atom is 0.321 e. The largest absolute Gasteiger partial charge is 0.393 e. The predicted octanol–water partition coefficient (Wildman–Crippen LogP) is 2.57. The van der Waals surface area contributed by atoms with Crippen molar-refractivity contribution in [3.63, 3.8) is 0 Å². The molecule has 2 amide bonds. The molecule has 1 unspecified atom stereocenters. The topological polar surface area (TPSA) is 52.6 Å². The van der Waals surface area contributed by atoms with Crippen LogP contribution in [0.3, 0.4) is 0 Å². The highest BCUT2D eigenvalue weighted by Crippen LogP contribution is 2.38. The summed E-state index contributed by atoms with van der Waals surface area (Å²) in [5, 5.41) is 13.1. The highest BCUT2D eigenvalue weighted by atomic mass is 35.5. The van der Waals surface area contributed by atoms with Crippen LogP contribution in [-0.4, -0.2) is 35.2 Å². The molecule has 102 valence electrons. The number of benzene rings is 1. The molecule has 1 aromatic rings. The standard InChI is InChI=1S/C14H17ClN2O2/c15-11-2-1-3-12(6-11)16-14(19)17-7-9-4-13(18)5-10(9)8-17/h1-3,6,9-10,13,18H,4-5,7-8H2,(H,16,19)/t9-,10+,13?. The van der Waals surface area contributed by atoms with Gasteiger partial charge in [0, 0.05) is 23.8 Å². The molecule has 1 aliphatic heterocycles. The van der Waals surface area contributed by atoms with Crippen LogP contribution in [0.25, 0.3) is 0 Å². The molecular weight excluding hydrogens is 264 g/mol. The number of nitrogens with zero attached hydrogens (tertiary/aromatic N) is 1. The Morgan fingerprint density at radius 1 is 1.32 bits per heavy atom. The van der Waals surface area contributed by atoms with Crippen LogP contribution < -0.4 is 5.32 Å². The summed E-state index contributed by atoms with van der Waals surface area (Å²) in [6.45, 7) is 1.49. The maximum absolute atomic E-state index is 12.1. The summed E-state index contributed by atoms with van der Waals surface area (Å²) >= 11 is 5.89. The second-order valence-electron chi connectivity index (χ2n) is 5.49. The van der Waals surface area contributed by atoms with E-state index in [1.807, 2.05) is 17.0 Å². The van der Waals surface area contributed by atoms with Gasteiger partial charge in [-0.25, -0.2) is 4.79 Å². The number of halogens is 1. The number of rotatable bonds is 1. The second-order valence-corrected chi connectivity index (χ2v) is 5.93. The normalized spacial score (nSPS) is 29.4. The Kier molecular flexibility index (Phi) is 3.37. The van der Waals surface area contributed by atoms with Crippen LogP contribution in [0, 0.1) is 11.8 Å². The lowest BCUT2D eigenvalue weighted by Crippen LogP contribution is -2.34. The molecule has 19 heavy (non-hydrogen) atoms. The first-order chi connectivity index (χ1) is 9.11. The van der Waals surface area contributed by atoms with Gasteiger partial charge in [0.15, 0.2) is 0 Å². The van der Waals surface area contributed by atoms with E-state index in [1.165, 1.54) is 0 Å². The summed E-state index contributed by atoms with van der Waals surface area (Å²) in [7, 11) is 0. The molecule has 0 radical (unpaired) electrons. The van der Waals surface area contributed by atoms with Crippen LogP contribution in [0.4, 0.5) is 10.5 Å². The molecule has 4 nitrogen and oxygen atoms in total. The molecule has 0 aromatic heterocycles. The Balaban J connectivity index is 1.60. The minimum absolute atomic E-state index is 0.0776. The van der Waals surface area contributed by atoms with Crippen molar-refractivity contribution in [1.82, 2.24) is 4.90 Å². The molecular formula is C14H17ClN2O2. The maximum atomic E-state index is 12.1. The van der Waals surface area contributed by atoms with Gasteiger partial charge in [-0.1, -0.05) is 17.7 Å². The van der Waals surface area contributed by atoms with Crippen molar-refractivity contribution in [2.45, 2.75) is 18.9 Å². The van der Waals surface area contributed by atoms with Gasteiger partial charge in [0.1, 0.15) is 0 Å². The van der Waals surface area contributed by atoms with Gasteiger partial charge >= 0.3 is 6.03 Å². The van der Waals surface area contributed by atoms with E-state index in [9.17, 15) is 9.90 Å². The van der Waals surface area contributed by atoms with E-state index >= 15 is 0 Å². The summed E-state index contributed by atoms with van der Waals surface area (Å²) in [6.07, 6.45) is 1.48. The lowest BCUT2D eigenvalue weighted by atomic mass is 10.0. The Bertz CT molecular complexity index is 480. The number of hydrogen-bond donors (Lipinski definition) is 2. The number of urea groups is 1. The SMILES string of the molecule is O=C(Nc1cccc(Cl)c1)N1C[C@H]2CC(O)C[C@H]2C1. The van der Waals surface area contributed by atoms with Gasteiger partial charge in [-0.2, -0.15) is 0 Å². The van der Waals surface area contributed by atoms with Crippen molar-refractivity contribution in [1.29, 1.82) is 0 Å². The average molecular weight is 281 g/mol. The van der Waals surface area contributed by atoms with Crippen molar-refractivity contribution in [3.8, 4) is 0 Å². The summed E-state index contributed by atoms with van der Waals surface area (Å²) in [5.41, 5.74) is 0.717. The molecule has 0 spiro atoms. The zero-order valence-electron chi connectivity index (χ0n) is 10.6. The third-order valence-electron chi connectivity index (χ3n) is 4.09. The Labute approximate surface area is 117 Å². The Hall–Kier alpha value is -1.26. The van der Waals surface area contributed by atoms with Gasteiger partial charge in [0.2, 0.25) is 0 Å². The Morgan fingerprint density at radius 3 is 2.63 bits per heavy atom. The van der Waals surface area contributed by atoms with Crippen molar-refractivity contribution in [2.24, 2.45) is 11.8 Å². The molecule has 3 rings (SSSR count). The number of aliphatic hydroxyl groups excluding tert-OH is 1. The van der Waals surface area contributed by atoms with E-state index in [4.69, 9.17) is 11.6 Å². The minimum Gasteiger partial charge on any atom is -0.393 e. The van der Waals surface area contributed by atoms with Crippen molar-refractivity contribution >= 4 is 23.3 Å². The fraction of sp³-hybridized carbons (Fsp3) is 0.500. The second kappa shape index (κ2) is 5.02. The van der Waals surface area contributed by atoms with E-state index in [0.717, 1.165) is 31.6 Å². The molecule has 2 N–H and O–H groups in total. The van der Waals surface area contributed by atoms with Gasteiger partial charge in [-0.3, -0.25) is 0 Å². The monoisotopic (exact) mass is 280 g/mol. The molecule has 5 heteroatoms. The zero-order chi connectivity index (χ0) is 13.4. The first kappa shape index (κ1) is 12.8. The number of likely N-dealkylation sites (tertiary alicyclic amines) is 1. The number of carbonyl (C=O) groups is 1. The van der Waals surface area contributed by atoms with E-state index < -0.39 is 0 Å². The number of aliphatic hydroxyl groups is 1. The highest BCUT2D eigenvalue weighted by Gasteiger charge is 2.41. The van der Waals surface area contributed by atoms with Crippen LogP contribution in [0.1, 0.15) is 12.8 Å². The van der Waals surface area contributed by atoms with Gasteiger partial charge in [-0.05, 0) is 42.9 Å². The lowest BCUT2D eigenvalue weighted by Gasteiger charge is -2.18. The minimum atomic E-state index is -0.173. The Morgan fingerprint density at radius 2 is 2.00 bits per heavy atom. The number of nitrogens with one attached hydrogen (secondary N) is 1. The first-order valence-corrected chi connectivity index (χ1v) is 6.99. The molecule has 1 saturated heterocycles. The molecule has 0 bridgehead atoms. The number of hydrogen-bond acceptors (Lipinski definition) is 2. The number of anilines is 1. The molecule has 1 saturated carbocycles. The molecule has 2 fully saturated rings. The van der Waals surface area contributed by atoms with E-state index in [0.29, 0.717) is 16.9 Å². The third kappa shape index (κ3) is 2.69. The average Bonchev–Trinajstić information content (AvgIpc) is 2.86. The third-order valence-corrected chi connectivity index (χ3v) is 4.32.